The Kier molecular flexibility index (Phi) is 4.28. The molecule has 2 rings (SSSR count). The van der Waals surface area contributed by atoms with Crippen molar-refractivity contribution in [1.29, 1.82) is 0 Å². The van der Waals surface area contributed by atoms with Gasteiger partial charge >= 0.3 is 0 Å². The largest absolute Gasteiger partial charge is 0.399 e. The number of halogens is 3. The summed E-state index contributed by atoms with van der Waals surface area (Å²) in [6.45, 7) is 2.02. The zero-order valence-corrected chi connectivity index (χ0v) is 12.6. The van der Waals surface area contributed by atoms with Crippen LogP contribution in [0, 0.1) is 0 Å². The molecule has 0 aliphatic heterocycles. The number of thiophene rings is 1. The van der Waals surface area contributed by atoms with Gasteiger partial charge in [0.05, 0.1) is 26.1 Å². The van der Waals surface area contributed by atoms with Crippen LogP contribution in [0.4, 0.5) is 11.4 Å². The van der Waals surface area contributed by atoms with Gasteiger partial charge < -0.3 is 11.1 Å². The molecule has 18 heavy (non-hydrogen) atoms. The Labute approximate surface area is 125 Å². The molecule has 0 radical (unpaired) electrons. The number of nitrogen functional groups attached to an aromatic ring is 1. The maximum atomic E-state index is 6.12. The first kappa shape index (κ1) is 13.8. The summed E-state index contributed by atoms with van der Waals surface area (Å²) in [6, 6.07) is 7.25. The van der Waals surface area contributed by atoms with E-state index in [-0.39, 0.29) is 6.04 Å². The first-order valence-electron chi connectivity index (χ1n) is 5.23. The standard InChI is InChI=1S/C12H11Cl3N2S/c1-6(10-2-3-11(15)18-10)17-12-8(13)4-7(16)5-9(12)14/h2-6,17H,16H2,1H3. The molecule has 0 aliphatic carbocycles. The molecular weight excluding hydrogens is 311 g/mol. The van der Waals surface area contributed by atoms with Gasteiger partial charge in [-0.3, -0.25) is 0 Å². The predicted octanol–water partition coefficient (Wildman–Crippen LogP) is 5.46. The number of hydrogen-bond donors (Lipinski definition) is 2. The maximum Gasteiger partial charge on any atom is 0.0932 e. The van der Waals surface area contributed by atoms with Crippen molar-refractivity contribution in [2.45, 2.75) is 13.0 Å². The van der Waals surface area contributed by atoms with E-state index in [2.05, 4.69) is 5.32 Å². The Balaban J connectivity index is 2.24. The molecule has 0 bridgehead atoms. The van der Waals surface area contributed by atoms with Gasteiger partial charge in [0, 0.05) is 10.6 Å². The minimum Gasteiger partial charge on any atom is -0.399 e. The van der Waals surface area contributed by atoms with Crippen LogP contribution in [0.2, 0.25) is 14.4 Å². The fourth-order valence-electron chi connectivity index (χ4n) is 1.58. The molecule has 3 N–H and O–H groups in total. The van der Waals surface area contributed by atoms with Crippen molar-refractivity contribution in [2.24, 2.45) is 0 Å². The lowest BCUT2D eigenvalue weighted by atomic mass is 10.2. The van der Waals surface area contributed by atoms with Crippen LogP contribution in [-0.4, -0.2) is 0 Å². The lowest BCUT2D eigenvalue weighted by Crippen LogP contribution is -2.06. The van der Waals surface area contributed by atoms with Gasteiger partial charge in [-0.1, -0.05) is 34.8 Å². The third-order valence-electron chi connectivity index (χ3n) is 2.45. The van der Waals surface area contributed by atoms with Crippen molar-refractivity contribution in [3.63, 3.8) is 0 Å². The molecule has 2 nitrogen and oxygen atoms in total. The first-order chi connectivity index (χ1) is 8.47. The van der Waals surface area contributed by atoms with E-state index in [0.717, 1.165) is 9.21 Å². The molecule has 0 fully saturated rings. The summed E-state index contributed by atoms with van der Waals surface area (Å²) in [5, 5.41) is 4.29. The first-order valence-corrected chi connectivity index (χ1v) is 7.18. The van der Waals surface area contributed by atoms with Crippen LogP contribution in [0.5, 0.6) is 0 Å². The highest BCUT2D eigenvalue weighted by molar-refractivity contribution is 7.16. The Morgan fingerprint density at radius 3 is 2.28 bits per heavy atom. The van der Waals surface area contributed by atoms with E-state index >= 15 is 0 Å². The van der Waals surface area contributed by atoms with Crippen molar-refractivity contribution in [1.82, 2.24) is 0 Å². The van der Waals surface area contributed by atoms with Crippen LogP contribution in [0.1, 0.15) is 17.8 Å². The number of anilines is 2. The lowest BCUT2D eigenvalue weighted by molar-refractivity contribution is 0.908. The molecule has 0 aliphatic rings. The average molecular weight is 322 g/mol. The molecule has 2 aromatic rings. The summed E-state index contributed by atoms with van der Waals surface area (Å²) in [5.41, 5.74) is 6.89. The van der Waals surface area contributed by atoms with Crippen LogP contribution in [0.3, 0.4) is 0 Å². The van der Waals surface area contributed by atoms with Crippen LogP contribution in [0.15, 0.2) is 24.3 Å². The van der Waals surface area contributed by atoms with Gasteiger partial charge in [-0.05, 0) is 31.2 Å². The lowest BCUT2D eigenvalue weighted by Gasteiger charge is -2.16. The maximum absolute atomic E-state index is 6.12. The molecule has 0 spiro atoms. The van der Waals surface area contributed by atoms with E-state index in [1.807, 2.05) is 19.1 Å². The molecule has 1 unspecified atom stereocenters. The van der Waals surface area contributed by atoms with Gasteiger partial charge in [0.15, 0.2) is 0 Å². The summed E-state index contributed by atoms with van der Waals surface area (Å²) >= 11 is 19.7. The second-order valence-corrected chi connectivity index (χ2v) is 6.43. The summed E-state index contributed by atoms with van der Waals surface area (Å²) in [5.74, 6) is 0. The predicted molar refractivity (Wildman–Crippen MR) is 82.2 cm³/mol. The molecule has 1 aromatic carbocycles. The molecule has 6 heteroatoms. The summed E-state index contributed by atoms with van der Waals surface area (Å²) in [4.78, 5) is 1.11. The molecule has 1 aromatic heterocycles. The van der Waals surface area contributed by atoms with Gasteiger partial charge in [-0.15, -0.1) is 11.3 Å². The molecular formula is C12H11Cl3N2S. The van der Waals surface area contributed by atoms with E-state index in [1.54, 1.807) is 12.1 Å². The Morgan fingerprint density at radius 1 is 1.17 bits per heavy atom. The van der Waals surface area contributed by atoms with E-state index in [9.17, 15) is 0 Å². The zero-order valence-electron chi connectivity index (χ0n) is 9.51. The van der Waals surface area contributed by atoms with Gasteiger partial charge in [-0.25, -0.2) is 0 Å². The molecule has 0 amide bonds. The minimum absolute atomic E-state index is 0.0705. The third kappa shape index (κ3) is 3.04. The highest BCUT2D eigenvalue weighted by atomic mass is 35.5. The second kappa shape index (κ2) is 5.57. The molecule has 0 saturated carbocycles. The van der Waals surface area contributed by atoms with Gasteiger partial charge in [0.1, 0.15) is 0 Å². The minimum atomic E-state index is 0.0705. The smallest absolute Gasteiger partial charge is 0.0932 e. The second-order valence-electron chi connectivity index (χ2n) is 3.87. The molecule has 96 valence electrons. The fourth-order valence-corrected chi connectivity index (χ4v) is 3.26. The van der Waals surface area contributed by atoms with Gasteiger partial charge in [-0.2, -0.15) is 0 Å². The Bertz CT molecular complexity index is 545. The fraction of sp³-hybridized carbons (Fsp3) is 0.167. The Hall–Kier alpha value is -0.610. The van der Waals surface area contributed by atoms with Crippen molar-refractivity contribution in [3.05, 3.63) is 43.5 Å². The average Bonchev–Trinajstić information content (AvgIpc) is 2.70. The summed E-state index contributed by atoms with van der Waals surface area (Å²) in [7, 11) is 0. The van der Waals surface area contributed by atoms with E-state index < -0.39 is 0 Å². The highest BCUT2D eigenvalue weighted by Gasteiger charge is 2.13. The van der Waals surface area contributed by atoms with Crippen molar-refractivity contribution < 1.29 is 0 Å². The van der Waals surface area contributed by atoms with Crippen molar-refractivity contribution >= 4 is 57.5 Å². The van der Waals surface area contributed by atoms with E-state index in [1.165, 1.54) is 11.3 Å². The van der Waals surface area contributed by atoms with E-state index in [4.69, 9.17) is 40.5 Å². The summed E-state index contributed by atoms with van der Waals surface area (Å²) < 4.78 is 0.758. The number of hydrogen-bond acceptors (Lipinski definition) is 3. The SMILES string of the molecule is CC(Nc1c(Cl)cc(N)cc1Cl)c1ccc(Cl)s1. The molecule has 0 saturated heterocycles. The number of benzene rings is 1. The van der Waals surface area contributed by atoms with Crippen molar-refractivity contribution in [3.8, 4) is 0 Å². The van der Waals surface area contributed by atoms with Crippen molar-refractivity contribution in [2.75, 3.05) is 11.1 Å². The molecule has 1 atom stereocenters. The number of nitrogens with one attached hydrogen (secondary N) is 1. The van der Waals surface area contributed by atoms with Crippen LogP contribution in [0.25, 0.3) is 0 Å². The monoisotopic (exact) mass is 320 g/mol. The third-order valence-corrected chi connectivity index (χ3v) is 4.46. The summed E-state index contributed by atoms with van der Waals surface area (Å²) in [6.07, 6.45) is 0. The highest BCUT2D eigenvalue weighted by Crippen LogP contribution is 2.36. The van der Waals surface area contributed by atoms with Gasteiger partial charge in [0.25, 0.3) is 0 Å². The quantitative estimate of drug-likeness (QED) is 0.736. The number of nitrogens with two attached hydrogens (primary N) is 1. The topological polar surface area (TPSA) is 38.0 Å². The van der Waals surface area contributed by atoms with Crippen LogP contribution < -0.4 is 11.1 Å². The molecule has 1 heterocycles. The van der Waals surface area contributed by atoms with Crippen LogP contribution in [-0.2, 0) is 0 Å². The Morgan fingerprint density at radius 2 is 1.78 bits per heavy atom. The zero-order chi connectivity index (χ0) is 13.3. The normalized spacial score (nSPS) is 12.4. The number of rotatable bonds is 3. The van der Waals surface area contributed by atoms with Crippen LogP contribution >= 0.6 is 46.1 Å². The van der Waals surface area contributed by atoms with E-state index in [0.29, 0.717) is 21.4 Å². The van der Waals surface area contributed by atoms with Gasteiger partial charge in [0.2, 0.25) is 0 Å².